The van der Waals surface area contributed by atoms with E-state index in [1.165, 1.54) is 71.1 Å². The second-order valence-electron chi connectivity index (χ2n) is 13.5. The van der Waals surface area contributed by atoms with Crippen molar-refractivity contribution in [2.45, 2.75) is 162 Å². The van der Waals surface area contributed by atoms with E-state index >= 15 is 0 Å². The van der Waals surface area contributed by atoms with Crippen molar-refractivity contribution in [3.05, 3.63) is 0 Å². The molecule has 2 aliphatic rings. The van der Waals surface area contributed by atoms with Crippen LogP contribution in [0.25, 0.3) is 0 Å². The maximum absolute atomic E-state index is 2.83. The molecule has 0 radical (unpaired) electrons. The summed E-state index contributed by atoms with van der Waals surface area (Å²) in [5.41, 5.74) is 1.59. The standard InChI is InChI=1S/C26H52N2.C3H8.2C2H6.CH4/c1-11-24(4,5)26(8,9)22-14-18-28(19-15-22)25(6,7)20-23(2,3)21-12-16-27(10)17-13-21;1-3-2;2*1-2;/h21-22H,11-20H2,1-10H3;3H2,1-2H3;2*1-2H3;1H4. The highest BCUT2D eigenvalue weighted by atomic mass is 15.2. The zero-order valence-corrected chi connectivity index (χ0v) is 27.8. The van der Waals surface area contributed by atoms with Gasteiger partial charge in [0.05, 0.1) is 0 Å². The lowest BCUT2D eigenvalue weighted by molar-refractivity contribution is -0.0346. The molecule has 2 rings (SSSR count). The Morgan fingerprint density at radius 2 is 1.00 bits per heavy atom. The van der Waals surface area contributed by atoms with Gasteiger partial charge in [0.15, 0.2) is 0 Å². The number of hydrogen-bond donors (Lipinski definition) is 0. The highest BCUT2D eigenvalue weighted by molar-refractivity contribution is 4.97. The Hall–Kier alpha value is -0.0800. The van der Waals surface area contributed by atoms with Crippen molar-refractivity contribution in [3.63, 3.8) is 0 Å². The number of piperidine rings is 2. The van der Waals surface area contributed by atoms with Crippen molar-refractivity contribution < 1.29 is 0 Å². The van der Waals surface area contributed by atoms with Gasteiger partial charge < -0.3 is 4.90 Å². The maximum atomic E-state index is 2.83. The molecule has 222 valence electrons. The third kappa shape index (κ3) is 11.8. The van der Waals surface area contributed by atoms with Crippen molar-refractivity contribution in [3.8, 4) is 0 Å². The topological polar surface area (TPSA) is 6.48 Å². The highest BCUT2D eigenvalue weighted by Gasteiger charge is 2.45. The third-order valence-corrected chi connectivity index (χ3v) is 9.71. The molecule has 0 aromatic heterocycles. The predicted molar refractivity (Wildman–Crippen MR) is 170 cm³/mol. The Morgan fingerprint density at radius 3 is 1.36 bits per heavy atom. The second kappa shape index (κ2) is 18.3. The normalized spacial score (nSPS) is 19.0. The fourth-order valence-corrected chi connectivity index (χ4v) is 6.38. The van der Waals surface area contributed by atoms with Crippen LogP contribution in [0.4, 0.5) is 0 Å². The lowest BCUT2D eigenvalue weighted by atomic mass is 9.58. The van der Waals surface area contributed by atoms with Gasteiger partial charge >= 0.3 is 0 Å². The second-order valence-corrected chi connectivity index (χ2v) is 13.5. The summed E-state index contributed by atoms with van der Waals surface area (Å²) in [6.45, 7) is 39.9. The Balaban J connectivity index is -0.00000124. The van der Waals surface area contributed by atoms with Gasteiger partial charge in [-0.3, -0.25) is 4.90 Å². The first-order valence-corrected chi connectivity index (χ1v) is 15.6. The Morgan fingerprint density at radius 1 is 0.639 bits per heavy atom. The summed E-state index contributed by atoms with van der Waals surface area (Å²) >= 11 is 0. The fraction of sp³-hybridized carbons (Fsp3) is 1.00. The van der Waals surface area contributed by atoms with Crippen LogP contribution in [0.3, 0.4) is 0 Å². The first-order chi connectivity index (χ1) is 16.1. The fourth-order valence-electron chi connectivity index (χ4n) is 6.38. The van der Waals surface area contributed by atoms with Crippen LogP contribution in [0.1, 0.15) is 156 Å². The minimum absolute atomic E-state index is 0. The van der Waals surface area contributed by atoms with Gasteiger partial charge in [-0.25, -0.2) is 0 Å². The van der Waals surface area contributed by atoms with Gasteiger partial charge in [0.1, 0.15) is 0 Å². The van der Waals surface area contributed by atoms with Crippen LogP contribution in [-0.2, 0) is 0 Å². The molecular formula is C34H76N2. The zero-order chi connectivity index (χ0) is 28.1. The van der Waals surface area contributed by atoms with E-state index in [4.69, 9.17) is 0 Å². The van der Waals surface area contributed by atoms with Gasteiger partial charge in [-0.1, -0.05) is 110 Å². The van der Waals surface area contributed by atoms with Gasteiger partial charge in [-0.15, -0.1) is 0 Å². The summed E-state index contributed by atoms with van der Waals surface area (Å²) in [4.78, 5) is 5.33. The first-order valence-electron chi connectivity index (χ1n) is 15.6. The minimum Gasteiger partial charge on any atom is -0.306 e. The van der Waals surface area contributed by atoms with Gasteiger partial charge in [0, 0.05) is 5.54 Å². The summed E-state index contributed by atoms with van der Waals surface area (Å²) in [7, 11) is 2.28. The summed E-state index contributed by atoms with van der Waals surface area (Å²) in [5.74, 6) is 1.74. The molecule has 0 saturated carbocycles. The van der Waals surface area contributed by atoms with Gasteiger partial charge in [-0.05, 0) is 107 Å². The number of hydrogen-bond acceptors (Lipinski definition) is 2. The molecule has 2 aliphatic heterocycles. The van der Waals surface area contributed by atoms with E-state index in [9.17, 15) is 0 Å². The SMILES string of the molecule is C.CC.CC.CCC.CCC(C)(C)C(C)(C)C1CCN(C(C)(C)CC(C)(C)C2CCN(C)CC2)CC1. The zero-order valence-electron chi connectivity index (χ0n) is 27.8. The summed E-state index contributed by atoms with van der Waals surface area (Å²) in [5, 5.41) is 0. The molecule has 0 aliphatic carbocycles. The monoisotopic (exact) mass is 513 g/mol. The molecule has 0 spiro atoms. The van der Waals surface area contributed by atoms with E-state index in [1.807, 2.05) is 27.7 Å². The molecule has 36 heavy (non-hydrogen) atoms. The number of nitrogens with zero attached hydrogens (tertiary/aromatic N) is 2. The molecule has 2 heteroatoms. The molecule has 0 unspecified atom stereocenters. The largest absolute Gasteiger partial charge is 0.306 e. The van der Waals surface area contributed by atoms with Crippen LogP contribution >= 0.6 is 0 Å². The van der Waals surface area contributed by atoms with Gasteiger partial charge in [0.25, 0.3) is 0 Å². The molecule has 0 amide bonds. The maximum Gasteiger partial charge on any atom is 0.0158 e. The number of likely N-dealkylation sites (tertiary alicyclic amines) is 2. The molecule has 2 saturated heterocycles. The Kier molecular flexibility index (Phi) is 20.5. The first kappa shape index (κ1) is 40.4. The Labute approximate surface area is 232 Å². The van der Waals surface area contributed by atoms with Crippen molar-refractivity contribution >= 4 is 0 Å². The predicted octanol–water partition coefficient (Wildman–Crippen LogP) is 10.8. The molecule has 0 N–H and O–H groups in total. The van der Waals surface area contributed by atoms with Crippen molar-refractivity contribution in [2.75, 3.05) is 33.2 Å². The van der Waals surface area contributed by atoms with E-state index in [0.29, 0.717) is 21.8 Å². The highest BCUT2D eigenvalue weighted by Crippen LogP contribution is 2.51. The van der Waals surface area contributed by atoms with Crippen LogP contribution in [0.2, 0.25) is 0 Å². The average Bonchev–Trinajstić information content (AvgIpc) is 2.82. The molecule has 0 bridgehead atoms. The van der Waals surface area contributed by atoms with Crippen LogP contribution in [-0.4, -0.2) is 48.6 Å². The smallest absolute Gasteiger partial charge is 0.0158 e. The molecule has 2 heterocycles. The quantitative estimate of drug-likeness (QED) is 0.334. The molecule has 2 fully saturated rings. The molecule has 2 nitrogen and oxygen atoms in total. The molecule has 0 atom stereocenters. The van der Waals surface area contributed by atoms with E-state index in [0.717, 1.165) is 11.8 Å². The van der Waals surface area contributed by atoms with Gasteiger partial charge in [-0.2, -0.15) is 0 Å². The lowest BCUT2D eigenvalue weighted by Gasteiger charge is -2.53. The lowest BCUT2D eigenvalue weighted by Crippen LogP contribution is -2.53. The van der Waals surface area contributed by atoms with Crippen LogP contribution < -0.4 is 0 Å². The average molecular weight is 513 g/mol. The van der Waals surface area contributed by atoms with Crippen LogP contribution in [0.5, 0.6) is 0 Å². The van der Waals surface area contributed by atoms with E-state index < -0.39 is 0 Å². The third-order valence-electron chi connectivity index (χ3n) is 9.71. The molecule has 0 aromatic rings. The summed E-state index contributed by atoms with van der Waals surface area (Å²) in [6, 6.07) is 0. The van der Waals surface area contributed by atoms with E-state index in [-0.39, 0.29) is 7.43 Å². The van der Waals surface area contributed by atoms with Crippen molar-refractivity contribution in [2.24, 2.45) is 28.1 Å². The summed E-state index contributed by atoms with van der Waals surface area (Å²) < 4.78 is 0. The van der Waals surface area contributed by atoms with Gasteiger partial charge in [0.2, 0.25) is 0 Å². The molecule has 0 aromatic carbocycles. The molecular weight excluding hydrogens is 436 g/mol. The van der Waals surface area contributed by atoms with E-state index in [1.54, 1.807) is 0 Å². The minimum atomic E-state index is 0. The van der Waals surface area contributed by atoms with E-state index in [2.05, 4.69) is 93.0 Å². The van der Waals surface area contributed by atoms with Crippen LogP contribution in [0, 0.1) is 28.1 Å². The summed E-state index contributed by atoms with van der Waals surface area (Å²) in [6.07, 6.45) is 9.34. The Bertz CT molecular complexity index is 501. The van der Waals surface area contributed by atoms with Crippen LogP contribution in [0.15, 0.2) is 0 Å². The van der Waals surface area contributed by atoms with Crippen molar-refractivity contribution in [1.82, 2.24) is 9.80 Å². The number of rotatable bonds is 7. The van der Waals surface area contributed by atoms with Crippen molar-refractivity contribution in [1.29, 1.82) is 0 Å².